The van der Waals surface area contributed by atoms with Crippen molar-refractivity contribution in [1.82, 2.24) is 9.62 Å². The van der Waals surface area contributed by atoms with Crippen molar-refractivity contribution in [1.29, 1.82) is 0 Å². The highest BCUT2D eigenvalue weighted by Gasteiger charge is 2.33. The number of benzene rings is 1. The number of carbonyl (C=O) groups excluding carboxylic acids is 1. The maximum atomic E-state index is 12.1. The molecule has 0 bridgehead atoms. The fourth-order valence-corrected chi connectivity index (χ4v) is 3.88. The third-order valence-electron chi connectivity index (χ3n) is 4.29. The van der Waals surface area contributed by atoms with Gasteiger partial charge in [0.05, 0.1) is 12.9 Å². The van der Waals surface area contributed by atoms with E-state index in [4.69, 9.17) is 9.47 Å². The van der Waals surface area contributed by atoms with Gasteiger partial charge in [0.25, 0.3) is 0 Å². The van der Waals surface area contributed by atoms with Gasteiger partial charge in [0, 0.05) is 19.6 Å². The smallest absolute Gasteiger partial charge is 0.410 e. The molecule has 0 saturated carbocycles. The van der Waals surface area contributed by atoms with E-state index in [-0.39, 0.29) is 18.4 Å². The Kier molecular flexibility index (Phi) is 7.11. The van der Waals surface area contributed by atoms with Crippen LogP contribution in [0.5, 0.6) is 5.75 Å². The molecule has 1 N–H and O–H groups in total. The standard InChI is InChI=1S/C19H30N2O5S/c1-19(2,3)26-18(22)21-13-16(14-21)6-5-11-27(23,24)20-12-15-7-9-17(25-4)10-8-15/h7-10,16,20H,5-6,11-14H2,1-4H3. The molecule has 1 aromatic carbocycles. The number of nitrogens with one attached hydrogen (secondary N) is 1. The van der Waals surface area contributed by atoms with Crippen LogP contribution in [0.3, 0.4) is 0 Å². The summed E-state index contributed by atoms with van der Waals surface area (Å²) in [7, 11) is -1.73. The van der Waals surface area contributed by atoms with Crippen molar-refractivity contribution >= 4 is 16.1 Å². The molecule has 0 atom stereocenters. The number of ether oxygens (including phenoxy) is 2. The monoisotopic (exact) mass is 398 g/mol. The van der Waals surface area contributed by atoms with Crippen molar-refractivity contribution in [3.8, 4) is 5.75 Å². The summed E-state index contributed by atoms with van der Waals surface area (Å²) in [4.78, 5) is 13.5. The van der Waals surface area contributed by atoms with Gasteiger partial charge in [0.15, 0.2) is 0 Å². The highest BCUT2D eigenvalue weighted by Crippen LogP contribution is 2.23. The number of rotatable bonds is 8. The molecular formula is C19H30N2O5S. The van der Waals surface area contributed by atoms with E-state index in [1.54, 1.807) is 24.1 Å². The summed E-state index contributed by atoms with van der Waals surface area (Å²) in [6.07, 6.45) is 1.06. The first-order valence-corrected chi connectivity index (χ1v) is 10.8. The second-order valence-electron chi connectivity index (χ2n) is 7.88. The maximum absolute atomic E-state index is 12.1. The van der Waals surface area contributed by atoms with Gasteiger partial charge in [0.2, 0.25) is 10.0 Å². The van der Waals surface area contributed by atoms with Crippen LogP contribution in [0.2, 0.25) is 0 Å². The molecule has 1 saturated heterocycles. The molecule has 8 heteroatoms. The van der Waals surface area contributed by atoms with E-state index in [0.29, 0.717) is 25.4 Å². The third-order valence-corrected chi connectivity index (χ3v) is 5.70. The van der Waals surface area contributed by atoms with Crippen LogP contribution in [0.25, 0.3) is 0 Å². The Balaban J connectivity index is 1.64. The SMILES string of the molecule is COc1ccc(CNS(=O)(=O)CCCC2CN(C(=O)OC(C)(C)C)C2)cc1. The summed E-state index contributed by atoms with van der Waals surface area (Å²) >= 11 is 0. The van der Waals surface area contributed by atoms with Gasteiger partial charge in [-0.15, -0.1) is 0 Å². The number of nitrogens with zero attached hydrogens (tertiary/aromatic N) is 1. The molecular weight excluding hydrogens is 368 g/mol. The lowest BCUT2D eigenvalue weighted by atomic mass is 9.96. The number of sulfonamides is 1. The minimum absolute atomic E-state index is 0.0894. The quantitative estimate of drug-likeness (QED) is 0.728. The summed E-state index contributed by atoms with van der Waals surface area (Å²) < 4.78 is 37.3. The minimum Gasteiger partial charge on any atom is -0.497 e. The fraction of sp³-hybridized carbons (Fsp3) is 0.632. The molecule has 1 aromatic rings. The molecule has 0 radical (unpaired) electrons. The zero-order valence-corrected chi connectivity index (χ0v) is 17.3. The van der Waals surface area contributed by atoms with E-state index in [2.05, 4.69) is 4.72 Å². The molecule has 7 nitrogen and oxygen atoms in total. The molecule has 1 fully saturated rings. The van der Waals surface area contributed by atoms with Gasteiger partial charge in [-0.2, -0.15) is 0 Å². The average molecular weight is 399 g/mol. The predicted molar refractivity (Wildman–Crippen MR) is 104 cm³/mol. The number of amides is 1. The van der Waals surface area contributed by atoms with Crippen LogP contribution in [-0.4, -0.2) is 51.0 Å². The summed E-state index contributed by atoms with van der Waals surface area (Å²) in [5, 5.41) is 0. The Morgan fingerprint density at radius 1 is 1.22 bits per heavy atom. The zero-order valence-electron chi connectivity index (χ0n) is 16.5. The molecule has 1 amide bonds. The van der Waals surface area contributed by atoms with E-state index in [1.165, 1.54) is 0 Å². The molecule has 152 valence electrons. The molecule has 0 aromatic heterocycles. The Hall–Kier alpha value is -1.80. The van der Waals surface area contributed by atoms with E-state index < -0.39 is 15.6 Å². The summed E-state index contributed by atoms with van der Waals surface area (Å²) in [6, 6.07) is 7.27. The lowest BCUT2D eigenvalue weighted by Gasteiger charge is -2.39. The third kappa shape index (κ3) is 7.38. The molecule has 2 rings (SSSR count). The normalized spacial score (nSPS) is 15.3. The van der Waals surface area contributed by atoms with Crippen LogP contribution in [0.4, 0.5) is 4.79 Å². The van der Waals surface area contributed by atoms with E-state index in [9.17, 15) is 13.2 Å². The van der Waals surface area contributed by atoms with Gasteiger partial charge in [-0.25, -0.2) is 17.9 Å². The lowest BCUT2D eigenvalue weighted by molar-refractivity contribution is -0.00216. The Morgan fingerprint density at radius 2 is 1.85 bits per heavy atom. The van der Waals surface area contributed by atoms with Crippen molar-refractivity contribution in [2.45, 2.75) is 45.8 Å². The van der Waals surface area contributed by atoms with E-state index in [0.717, 1.165) is 17.7 Å². The number of likely N-dealkylation sites (tertiary alicyclic amines) is 1. The molecule has 1 aliphatic rings. The predicted octanol–water partition coefficient (Wildman–Crippen LogP) is 2.76. The molecule has 0 spiro atoms. The molecule has 1 aliphatic heterocycles. The van der Waals surface area contributed by atoms with Crippen molar-refractivity contribution < 1.29 is 22.7 Å². The van der Waals surface area contributed by atoms with Crippen molar-refractivity contribution in [3.05, 3.63) is 29.8 Å². The van der Waals surface area contributed by atoms with Crippen LogP contribution < -0.4 is 9.46 Å². The average Bonchev–Trinajstić information content (AvgIpc) is 2.53. The highest BCUT2D eigenvalue weighted by atomic mass is 32.2. The van der Waals surface area contributed by atoms with Gasteiger partial charge in [-0.3, -0.25) is 0 Å². The van der Waals surface area contributed by atoms with Crippen LogP contribution >= 0.6 is 0 Å². The summed E-state index contributed by atoms with van der Waals surface area (Å²) in [5.41, 5.74) is 0.387. The van der Waals surface area contributed by atoms with Crippen LogP contribution in [-0.2, 0) is 21.3 Å². The van der Waals surface area contributed by atoms with Gasteiger partial charge < -0.3 is 14.4 Å². The second kappa shape index (κ2) is 8.93. The number of hydrogen-bond donors (Lipinski definition) is 1. The maximum Gasteiger partial charge on any atom is 0.410 e. The van der Waals surface area contributed by atoms with Gasteiger partial charge in [-0.05, 0) is 57.2 Å². The van der Waals surface area contributed by atoms with Crippen LogP contribution in [0.1, 0.15) is 39.2 Å². The Bertz CT molecular complexity index is 719. The molecule has 27 heavy (non-hydrogen) atoms. The Morgan fingerprint density at radius 3 is 2.41 bits per heavy atom. The second-order valence-corrected chi connectivity index (χ2v) is 9.81. The van der Waals surface area contributed by atoms with E-state index in [1.807, 2.05) is 32.9 Å². The zero-order chi connectivity index (χ0) is 20.1. The first kappa shape index (κ1) is 21.5. The molecule has 0 unspecified atom stereocenters. The van der Waals surface area contributed by atoms with Crippen LogP contribution in [0, 0.1) is 5.92 Å². The minimum atomic E-state index is -3.32. The topological polar surface area (TPSA) is 84.9 Å². The number of hydrogen-bond acceptors (Lipinski definition) is 5. The van der Waals surface area contributed by atoms with E-state index >= 15 is 0 Å². The summed E-state index contributed by atoms with van der Waals surface area (Å²) in [6.45, 7) is 7.05. The fourth-order valence-electron chi connectivity index (χ4n) is 2.80. The largest absolute Gasteiger partial charge is 0.497 e. The number of methoxy groups -OCH3 is 1. The summed E-state index contributed by atoms with van der Waals surface area (Å²) in [5.74, 6) is 1.17. The first-order chi connectivity index (χ1) is 12.6. The number of carbonyl (C=O) groups is 1. The highest BCUT2D eigenvalue weighted by molar-refractivity contribution is 7.89. The molecule has 0 aliphatic carbocycles. The Labute approximate surface area is 162 Å². The van der Waals surface area contributed by atoms with Crippen molar-refractivity contribution in [2.75, 3.05) is 26.0 Å². The van der Waals surface area contributed by atoms with Crippen molar-refractivity contribution in [2.24, 2.45) is 5.92 Å². The van der Waals surface area contributed by atoms with Gasteiger partial charge in [0.1, 0.15) is 11.4 Å². The van der Waals surface area contributed by atoms with Gasteiger partial charge >= 0.3 is 6.09 Å². The van der Waals surface area contributed by atoms with Crippen LogP contribution in [0.15, 0.2) is 24.3 Å². The molecule has 1 heterocycles. The van der Waals surface area contributed by atoms with Gasteiger partial charge in [-0.1, -0.05) is 12.1 Å². The lowest BCUT2D eigenvalue weighted by Crippen LogP contribution is -2.51. The van der Waals surface area contributed by atoms with Crippen molar-refractivity contribution in [3.63, 3.8) is 0 Å². The first-order valence-electron chi connectivity index (χ1n) is 9.16.